The summed E-state index contributed by atoms with van der Waals surface area (Å²) in [6, 6.07) is 11.0. The smallest absolute Gasteiger partial charge is 0.232 e. The van der Waals surface area contributed by atoms with E-state index in [0.29, 0.717) is 21.9 Å². The number of ketones is 1. The molecule has 2 nitrogen and oxygen atoms in total. The van der Waals surface area contributed by atoms with E-state index >= 15 is 0 Å². The van der Waals surface area contributed by atoms with Crippen LogP contribution in [0.3, 0.4) is 0 Å². The minimum Gasteiger partial charge on any atom is -0.452 e. The quantitative estimate of drug-likeness (QED) is 0.732. The van der Waals surface area contributed by atoms with E-state index < -0.39 is 5.82 Å². The van der Waals surface area contributed by atoms with Crippen LogP contribution in [0, 0.1) is 5.82 Å². The molecule has 94 valence electrons. The Morgan fingerprint density at radius 2 is 1.95 bits per heavy atom. The molecule has 0 saturated heterocycles. The van der Waals surface area contributed by atoms with Crippen molar-refractivity contribution in [3.8, 4) is 5.75 Å². The first-order valence-electron chi connectivity index (χ1n) is 5.63. The second kappa shape index (κ2) is 4.52. The van der Waals surface area contributed by atoms with E-state index in [9.17, 15) is 9.18 Å². The SMILES string of the molecule is O=C1/C(=C/c2ccccc2F)Oc2ccc(Cl)cc21. The predicted molar refractivity (Wildman–Crippen MR) is 70.8 cm³/mol. The van der Waals surface area contributed by atoms with Crippen molar-refractivity contribution >= 4 is 23.5 Å². The molecule has 0 aliphatic carbocycles. The second-order valence-corrected chi connectivity index (χ2v) is 4.54. The number of Topliss-reactive ketones (excluding diaryl/α,β-unsaturated/α-hetero) is 1. The minimum atomic E-state index is -0.402. The molecular weight excluding hydrogens is 267 g/mol. The summed E-state index contributed by atoms with van der Waals surface area (Å²) < 4.78 is 18.9. The van der Waals surface area contributed by atoms with Gasteiger partial charge in [-0.1, -0.05) is 29.8 Å². The van der Waals surface area contributed by atoms with Crippen molar-refractivity contribution in [2.45, 2.75) is 0 Å². The van der Waals surface area contributed by atoms with E-state index in [1.54, 1.807) is 36.4 Å². The number of ether oxygens (including phenoxy) is 1. The van der Waals surface area contributed by atoms with E-state index in [1.807, 2.05) is 0 Å². The monoisotopic (exact) mass is 274 g/mol. The summed E-state index contributed by atoms with van der Waals surface area (Å²) in [5.41, 5.74) is 0.708. The number of benzene rings is 2. The van der Waals surface area contributed by atoms with Crippen LogP contribution in [0.15, 0.2) is 48.2 Å². The van der Waals surface area contributed by atoms with Gasteiger partial charge in [-0.15, -0.1) is 0 Å². The molecule has 3 rings (SSSR count). The first-order valence-corrected chi connectivity index (χ1v) is 6.01. The molecule has 1 heterocycles. The van der Waals surface area contributed by atoms with Gasteiger partial charge < -0.3 is 4.74 Å². The van der Waals surface area contributed by atoms with Crippen molar-refractivity contribution in [1.82, 2.24) is 0 Å². The molecule has 0 amide bonds. The van der Waals surface area contributed by atoms with Gasteiger partial charge in [0.2, 0.25) is 5.78 Å². The average Bonchev–Trinajstić information content (AvgIpc) is 2.70. The van der Waals surface area contributed by atoms with Gasteiger partial charge in [-0.3, -0.25) is 4.79 Å². The fourth-order valence-electron chi connectivity index (χ4n) is 1.89. The van der Waals surface area contributed by atoms with Gasteiger partial charge in [0.25, 0.3) is 0 Å². The third kappa shape index (κ3) is 2.13. The van der Waals surface area contributed by atoms with Crippen molar-refractivity contribution in [3.63, 3.8) is 0 Å². The first-order chi connectivity index (χ1) is 9.15. The summed E-state index contributed by atoms with van der Waals surface area (Å²) in [7, 11) is 0. The highest BCUT2D eigenvalue weighted by atomic mass is 35.5. The third-order valence-corrected chi connectivity index (χ3v) is 3.06. The molecule has 2 aromatic rings. The maximum absolute atomic E-state index is 13.5. The molecule has 19 heavy (non-hydrogen) atoms. The van der Waals surface area contributed by atoms with Crippen LogP contribution in [0.25, 0.3) is 6.08 Å². The zero-order valence-corrected chi connectivity index (χ0v) is 10.4. The van der Waals surface area contributed by atoms with Crippen LogP contribution in [-0.2, 0) is 0 Å². The number of carbonyl (C=O) groups is 1. The molecule has 1 aliphatic heterocycles. The lowest BCUT2D eigenvalue weighted by Crippen LogP contribution is -1.98. The molecule has 0 unspecified atom stereocenters. The lowest BCUT2D eigenvalue weighted by atomic mass is 10.1. The van der Waals surface area contributed by atoms with Crippen LogP contribution >= 0.6 is 11.6 Å². The summed E-state index contributed by atoms with van der Waals surface area (Å²) in [5.74, 6) is -0.152. The van der Waals surface area contributed by atoms with Crippen molar-refractivity contribution in [3.05, 3.63) is 70.2 Å². The second-order valence-electron chi connectivity index (χ2n) is 4.10. The number of rotatable bonds is 1. The normalized spacial score (nSPS) is 15.5. The van der Waals surface area contributed by atoms with Crippen LogP contribution in [0.5, 0.6) is 5.75 Å². The predicted octanol–water partition coefficient (Wildman–Crippen LogP) is 4.10. The van der Waals surface area contributed by atoms with Crippen molar-refractivity contribution < 1.29 is 13.9 Å². The maximum Gasteiger partial charge on any atom is 0.232 e. The van der Waals surface area contributed by atoms with E-state index in [4.69, 9.17) is 16.3 Å². The van der Waals surface area contributed by atoms with Crippen molar-refractivity contribution in [2.24, 2.45) is 0 Å². The van der Waals surface area contributed by atoms with Gasteiger partial charge in [-0.2, -0.15) is 0 Å². The molecule has 0 radical (unpaired) electrons. The summed E-state index contributed by atoms with van der Waals surface area (Å²) in [4.78, 5) is 12.1. The van der Waals surface area contributed by atoms with Crippen molar-refractivity contribution in [2.75, 3.05) is 0 Å². The number of carbonyl (C=O) groups excluding carboxylic acids is 1. The van der Waals surface area contributed by atoms with Crippen molar-refractivity contribution in [1.29, 1.82) is 0 Å². The Kier molecular flexibility index (Phi) is 2.84. The van der Waals surface area contributed by atoms with E-state index in [1.165, 1.54) is 12.1 Å². The highest BCUT2D eigenvalue weighted by molar-refractivity contribution is 6.31. The van der Waals surface area contributed by atoms with E-state index in [0.717, 1.165) is 0 Å². The molecule has 1 aliphatic rings. The van der Waals surface area contributed by atoms with Crippen LogP contribution < -0.4 is 4.74 Å². The number of hydrogen-bond donors (Lipinski definition) is 0. The Morgan fingerprint density at radius 3 is 2.74 bits per heavy atom. The molecule has 2 aromatic carbocycles. The van der Waals surface area contributed by atoms with Gasteiger partial charge in [-0.05, 0) is 30.3 Å². The van der Waals surface area contributed by atoms with Gasteiger partial charge in [0.15, 0.2) is 5.76 Å². The Morgan fingerprint density at radius 1 is 1.16 bits per heavy atom. The molecule has 0 fully saturated rings. The zero-order chi connectivity index (χ0) is 13.4. The zero-order valence-electron chi connectivity index (χ0n) is 9.69. The number of hydrogen-bond acceptors (Lipinski definition) is 2. The Hall–Kier alpha value is -2.13. The number of fused-ring (bicyclic) bond motifs is 1. The molecule has 0 N–H and O–H groups in total. The Bertz CT molecular complexity index is 707. The molecule has 4 heteroatoms. The van der Waals surface area contributed by atoms with Crippen LogP contribution in [0.4, 0.5) is 4.39 Å². The molecule has 0 atom stereocenters. The highest BCUT2D eigenvalue weighted by Gasteiger charge is 2.27. The van der Waals surface area contributed by atoms with E-state index in [2.05, 4.69) is 0 Å². The average molecular weight is 275 g/mol. The van der Waals surface area contributed by atoms with Crippen LogP contribution in [0.2, 0.25) is 5.02 Å². The lowest BCUT2D eigenvalue weighted by Gasteiger charge is -1.99. The topological polar surface area (TPSA) is 26.3 Å². The maximum atomic E-state index is 13.5. The lowest BCUT2D eigenvalue weighted by molar-refractivity contribution is 0.101. The molecule has 0 bridgehead atoms. The van der Waals surface area contributed by atoms with Crippen LogP contribution in [-0.4, -0.2) is 5.78 Å². The summed E-state index contributed by atoms with van der Waals surface area (Å²) >= 11 is 5.83. The van der Waals surface area contributed by atoms with Gasteiger partial charge in [0, 0.05) is 10.6 Å². The van der Waals surface area contributed by atoms with Crippen LogP contribution in [0.1, 0.15) is 15.9 Å². The van der Waals surface area contributed by atoms with Gasteiger partial charge in [0.05, 0.1) is 5.56 Å². The summed E-state index contributed by atoms with van der Waals surface area (Å²) in [6.45, 7) is 0. The summed E-state index contributed by atoms with van der Waals surface area (Å²) in [6.07, 6.45) is 1.39. The molecule has 0 spiro atoms. The molecule has 0 saturated carbocycles. The fraction of sp³-hybridized carbons (Fsp3) is 0. The fourth-order valence-corrected chi connectivity index (χ4v) is 2.07. The number of halogens is 2. The third-order valence-electron chi connectivity index (χ3n) is 2.82. The highest BCUT2D eigenvalue weighted by Crippen LogP contribution is 2.33. The molecule has 0 aromatic heterocycles. The Balaban J connectivity index is 2.03. The molecular formula is C15H8ClFO2. The first kappa shape index (κ1) is 11.9. The standard InChI is InChI=1S/C15H8ClFO2/c16-10-5-6-13-11(8-10)15(18)14(19-13)7-9-3-1-2-4-12(9)17/h1-8H/b14-7-. The van der Waals surface area contributed by atoms with E-state index in [-0.39, 0.29) is 11.5 Å². The van der Waals surface area contributed by atoms with Gasteiger partial charge in [-0.25, -0.2) is 4.39 Å². The van der Waals surface area contributed by atoms with Gasteiger partial charge in [0.1, 0.15) is 11.6 Å². The summed E-state index contributed by atoms with van der Waals surface area (Å²) in [5, 5.41) is 0.461. The largest absolute Gasteiger partial charge is 0.452 e. The minimum absolute atomic E-state index is 0.0994. The number of allylic oxidation sites excluding steroid dienone is 1. The van der Waals surface area contributed by atoms with Gasteiger partial charge >= 0.3 is 0 Å². The Labute approximate surface area is 114 Å².